The lowest BCUT2D eigenvalue weighted by atomic mass is 9.96. The molecule has 3 aromatic rings. The summed E-state index contributed by atoms with van der Waals surface area (Å²) in [4.78, 5) is 7.43. The van der Waals surface area contributed by atoms with E-state index < -0.39 is 0 Å². The number of likely N-dealkylation sites (tertiary alicyclic amines) is 1. The van der Waals surface area contributed by atoms with Gasteiger partial charge in [0.15, 0.2) is 5.65 Å². The van der Waals surface area contributed by atoms with Crippen LogP contribution in [0.3, 0.4) is 0 Å². The fourth-order valence-corrected chi connectivity index (χ4v) is 6.15. The van der Waals surface area contributed by atoms with E-state index in [0.717, 1.165) is 39.8 Å². The first-order valence-corrected chi connectivity index (χ1v) is 12.5. The highest BCUT2D eigenvalue weighted by molar-refractivity contribution is 9.10. The van der Waals surface area contributed by atoms with Crippen molar-refractivity contribution in [1.29, 1.82) is 0 Å². The minimum Gasteiger partial charge on any atom is -0.507 e. The van der Waals surface area contributed by atoms with Crippen LogP contribution < -0.4 is 5.32 Å². The molecule has 30 heavy (non-hydrogen) atoms. The van der Waals surface area contributed by atoms with Gasteiger partial charge in [-0.2, -0.15) is 21.4 Å². The smallest absolute Gasteiger partial charge is 0.172 e. The average molecular weight is 488 g/mol. The molecule has 8 heteroatoms. The van der Waals surface area contributed by atoms with Crippen LogP contribution >= 0.6 is 27.7 Å². The first kappa shape index (κ1) is 20.2. The average Bonchev–Trinajstić information content (AvgIpc) is 3.43. The Morgan fingerprint density at radius 1 is 1.27 bits per heavy atom. The molecule has 5 rings (SSSR count). The molecule has 6 nitrogen and oxygen atoms in total. The largest absolute Gasteiger partial charge is 0.507 e. The number of aromatic hydroxyl groups is 1. The van der Waals surface area contributed by atoms with Gasteiger partial charge in [0.05, 0.1) is 16.4 Å². The number of hydrogen-bond acceptors (Lipinski definition) is 6. The molecule has 2 atom stereocenters. The number of rotatable bonds is 5. The quantitative estimate of drug-likeness (QED) is 0.552. The summed E-state index contributed by atoms with van der Waals surface area (Å²) < 4.78 is 2.67. The number of nitrogens with one attached hydrogen (secondary N) is 1. The zero-order valence-corrected chi connectivity index (χ0v) is 19.2. The van der Waals surface area contributed by atoms with Crippen molar-refractivity contribution in [3.63, 3.8) is 0 Å². The van der Waals surface area contributed by atoms with Gasteiger partial charge in [0.2, 0.25) is 0 Å². The molecule has 4 heterocycles. The number of anilines is 1. The van der Waals surface area contributed by atoms with Gasteiger partial charge >= 0.3 is 0 Å². The minimum atomic E-state index is 0.230. The lowest BCUT2D eigenvalue weighted by molar-refractivity contribution is 0.139. The number of nitrogens with zero attached hydrogens (tertiary/aromatic N) is 4. The molecule has 2 unspecified atom stereocenters. The van der Waals surface area contributed by atoms with E-state index in [9.17, 15) is 5.11 Å². The number of fused-ring (bicyclic) bond motifs is 1. The fourth-order valence-electron chi connectivity index (χ4n) is 4.54. The number of benzene rings is 1. The Bertz CT molecular complexity index is 1040. The molecule has 0 radical (unpaired) electrons. The Morgan fingerprint density at radius 2 is 2.17 bits per heavy atom. The van der Waals surface area contributed by atoms with Gasteiger partial charge in [-0.15, -0.1) is 0 Å². The Balaban J connectivity index is 1.38. The van der Waals surface area contributed by atoms with Crippen molar-refractivity contribution >= 4 is 39.2 Å². The zero-order valence-electron chi connectivity index (χ0n) is 16.8. The second-order valence-corrected chi connectivity index (χ2v) is 10.2. The molecule has 1 aromatic carbocycles. The fraction of sp³-hybridized carbons (Fsp3) is 0.455. The SMILES string of the molecule is Oc1ccccc1-c1cc(NCC2CCCN(C3CCSC3)C2)n2ncc(Br)c2n1. The van der Waals surface area contributed by atoms with Crippen LogP contribution in [0.5, 0.6) is 5.75 Å². The maximum Gasteiger partial charge on any atom is 0.172 e. The van der Waals surface area contributed by atoms with E-state index in [4.69, 9.17) is 4.98 Å². The van der Waals surface area contributed by atoms with Gasteiger partial charge in [-0.3, -0.25) is 4.90 Å². The van der Waals surface area contributed by atoms with Crippen molar-refractivity contribution in [2.45, 2.75) is 25.3 Å². The summed E-state index contributed by atoms with van der Waals surface area (Å²) in [7, 11) is 0. The van der Waals surface area contributed by atoms with Crippen LogP contribution in [0.2, 0.25) is 0 Å². The predicted octanol–water partition coefficient (Wildman–Crippen LogP) is 4.49. The van der Waals surface area contributed by atoms with Crippen LogP contribution in [-0.2, 0) is 0 Å². The van der Waals surface area contributed by atoms with Crippen molar-refractivity contribution in [3.05, 3.63) is 41.0 Å². The summed E-state index contributed by atoms with van der Waals surface area (Å²) in [5.41, 5.74) is 2.20. The first-order valence-electron chi connectivity index (χ1n) is 10.6. The van der Waals surface area contributed by atoms with Gasteiger partial charge in [0, 0.05) is 36.5 Å². The summed E-state index contributed by atoms with van der Waals surface area (Å²) in [6.07, 6.45) is 5.63. The van der Waals surface area contributed by atoms with E-state index in [1.807, 2.05) is 28.8 Å². The number of thioether (sulfide) groups is 1. The van der Waals surface area contributed by atoms with Crippen LogP contribution in [0.4, 0.5) is 5.82 Å². The number of aromatic nitrogens is 3. The van der Waals surface area contributed by atoms with E-state index in [1.165, 1.54) is 43.9 Å². The monoisotopic (exact) mass is 487 g/mol. The molecule has 0 saturated carbocycles. The third kappa shape index (κ3) is 4.05. The molecule has 0 spiro atoms. The molecule has 2 aliphatic rings. The third-order valence-corrected chi connectivity index (χ3v) is 7.86. The molecule has 0 aliphatic carbocycles. The maximum absolute atomic E-state index is 10.3. The highest BCUT2D eigenvalue weighted by Gasteiger charge is 2.28. The van der Waals surface area contributed by atoms with Crippen molar-refractivity contribution in [3.8, 4) is 17.0 Å². The van der Waals surface area contributed by atoms with E-state index in [2.05, 4.69) is 43.0 Å². The third-order valence-electron chi connectivity index (χ3n) is 6.15. The standard InChI is InChI=1S/C22H26BrN5OS/c23-18-12-25-28-21(10-19(26-22(18)28)17-5-1-2-6-20(17)29)24-11-15-4-3-8-27(13-15)16-7-9-30-14-16/h1-2,5-6,10,12,15-16,24,29H,3-4,7-9,11,13-14H2. The van der Waals surface area contributed by atoms with Gasteiger partial charge in [0.25, 0.3) is 0 Å². The van der Waals surface area contributed by atoms with Gasteiger partial charge in [0.1, 0.15) is 11.6 Å². The molecule has 2 N–H and O–H groups in total. The number of para-hydroxylation sites is 1. The molecular weight excluding hydrogens is 462 g/mol. The lowest BCUT2D eigenvalue weighted by Gasteiger charge is -2.36. The van der Waals surface area contributed by atoms with Crippen molar-refractivity contribution in [2.75, 3.05) is 36.5 Å². The van der Waals surface area contributed by atoms with Gasteiger partial charge in [-0.25, -0.2) is 4.98 Å². The summed E-state index contributed by atoms with van der Waals surface area (Å²) in [6.45, 7) is 3.32. The highest BCUT2D eigenvalue weighted by Crippen LogP contribution is 2.32. The van der Waals surface area contributed by atoms with Crippen LogP contribution in [0.25, 0.3) is 16.9 Å². The molecule has 0 bridgehead atoms. The van der Waals surface area contributed by atoms with Crippen molar-refractivity contribution < 1.29 is 5.11 Å². The van der Waals surface area contributed by atoms with Crippen LogP contribution in [0.15, 0.2) is 41.0 Å². The number of hydrogen-bond donors (Lipinski definition) is 2. The second-order valence-electron chi connectivity index (χ2n) is 8.17. The normalized spacial score (nSPS) is 22.6. The maximum atomic E-state index is 10.3. The molecular formula is C22H26BrN5OS. The van der Waals surface area contributed by atoms with Crippen molar-refractivity contribution in [1.82, 2.24) is 19.5 Å². The van der Waals surface area contributed by atoms with E-state index in [-0.39, 0.29) is 5.75 Å². The van der Waals surface area contributed by atoms with E-state index in [1.54, 1.807) is 12.3 Å². The predicted molar refractivity (Wildman–Crippen MR) is 126 cm³/mol. The summed E-state index contributed by atoms with van der Waals surface area (Å²) >= 11 is 5.65. The molecule has 158 valence electrons. The number of phenolic OH excluding ortho intramolecular Hbond substituents is 1. The van der Waals surface area contributed by atoms with Gasteiger partial charge in [-0.05, 0) is 65.5 Å². The first-order chi connectivity index (χ1) is 14.7. The molecule has 2 aliphatic heterocycles. The second kappa shape index (κ2) is 8.77. The van der Waals surface area contributed by atoms with Crippen molar-refractivity contribution in [2.24, 2.45) is 5.92 Å². The molecule has 2 aromatic heterocycles. The van der Waals surface area contributed by atoms with E-state index >= 15 is 0 Å². The Hall–Kier alpha value is -1.77. The highest BCUT2D eigenvalue weighted by atomic mass is 79.9. The number of halogens is 1. The lowest BCUT2D eigenvalue weighted by Crippen LogP contribution is -2.44. The topological polar surface area (TPSA) is 65.7 Å². The zero-order chi connectivity index (χ0) is 20.5. The van der Waals surface area contributed by atoms with Crippen LogP contribution in [0.1, 0.15) is 19.3 Å². The molecule has 0 amide bonds. The summed E-state index contributed by atoms with van der Waals surface area (Å²) in [6, 6.07) is 10.1. The number of phenols is 1. The Kier molecular flexibility index (Phi) is 5.89. The molecule has 2 saturated heterocycles. The van der Waals surface area contributed by atoms with Gasteiger partial charge in [-0.1, -0.05) is 12.1 Å². The van der Waals surface area contributed by atoms with Gasteiger partial charge < -0.3 is 10.4 Å². The summed E-state index contributed by atoms with van der Waals surface area (Å²) in [5, 5.41) is 18.4. The Morgan fingerprint density at radius 3 is 3.00 bits per heavy atom. The Labute approximate surface area is 189 Å². The molecule has 2 fully saturated rings. The van der Waals surface area contributed by atoms with E-state index in [0.29, 0.717) is 5.92 Å². The summed E-state index contributed by atoms with van der Waals surface area (Å²) in [5.74, 6) is 4.35. The minimum absolute atomic E-state index is 0.230. The van der Waals surface area contributed by atoms with Crippen LogP contribution in [0, 0.1) is 5.92 Å². The number of piperidine rings is 1. The van der Waals surface area contributed by atoms with Crippen LogP contribution in [-0.4, -0.2) is 61.8 Å².